The molecule has 0 aliphatic carbocycles. The van der Waals surface area contributed by atoms with Crippen molar-refractivity contribution in [1.82, 2.24) is 10.2 Å². The fourth-order valence-corrected chi connectivity index (χ4v) is 7.52. The first-order chi connectivity index (χ1) is 29.1. The van der Waals surface area contributed by atoms with Gasteiger partial charge in [0, 0.05) is 44.5 Å². The van der Waals surface area contributed by atoms with Gasteiger partial charge in [0.2, 0.25) is 5.91 Å². The van der Waals surface area contributed by atoms with E-state index in [2.05, 4.69) is 31.3 Å². The van der Waals surface area contributed by atoms with Crippen LogP contribution in [-0.2, 0) is 47.1 Å². The third-order valence-electron chi connectivity index (χ3n) is 10.4. The third-order valence-corrected chi connectivity index (χ3v) is 11.4. The van der Waals surface area contributed by atoms with Crippen molar-refractivity contribution in [3.8, 4) is 0 Å². The number of nitrogens with one attached hydrogen (secondary N) is 1. The van der Waals surface area contributed by atoms with Gasteiger partial charge >= 0.3 is 19.8 Å². The van der Waals surface area contributed by atoms with E-state index in [9.17, 15) is 33.4 Å². The molecule has 13 nitrogen and oxygen atoms in total. The Hall–Kier alpha value is -2.86. The van der Waals surface area contributed by atoms with Crippen molar-refractivity contribution in [2.24, 2.45) is 0 Å². The summed E-state index contributed by atoms with van der Waals surface area (Å²) in [5.41, 5.74) is 0. The molecule has 1 unspecified atom stereocenters. The highest BCUT2D eigenvalue weighted by Gasteiger charge is 2.27. The Balaban J connectivity index is 2.39. The van der Waals surface area contributed by atoms with Crippen LogP contribution in [0.15, 0.2) is 24.3 Å². The van der Waals surface area contributed by atoms with Crippen molar-refractivity contribution in [3.63, 3.8) is 0 Å². The molecule has 0 fully saturated rings. The Labute approximate surface area is 362 Å². The van der Waals surface area contributed by atoms with Crippen LogP contribution in [0, 0.1) is 0 Å². The number of imide groups is 1. The number of amides is 3. The van der Waals surface area contributed by atoms with Gasteiger partial charge in [0.1, 0.15) is 6.61 Å². The Morgan fingerprint density at radius 2 is 1.08 bits per heavy atom. The van der Waals surface area contributed by atoms with Gasteiger partial charge in [-0.05, 0) is 38.5 Å². The highest BCUT2D eigenvalue weighted by atomic mass is 31.2. The molecule has 0 aromatic carbocycles. The van der Waals surface area contributed by atoms with Crippen molar-refractivity contribution in [2.75, 3.05) is 32.9 Å². The molecular formula is C46H81N2O11P. The van der Waals surface area contributed by atoms with E-state index < -0.39 is 50.2 Å². The summed E-state index contributed by atoms with van der Waals surface area (Å²) < 4.78 is 33.6. The van der Waals surface area contributed by atoms with Crippen LogP contribution < -0.4 is 5.32 Å². The summed E-state index contributed by atoms with van der Waals surface area (Å²) in [4.78, 5) is 71.8. The molecule has 1 aliphatic heterocycles. The Kier molecular flexibility index (Phi) is 34.8. The zero-order chi connectivity index (χ0) is 43.9. The zero-order valence-corrected chi connectivity index (χ0v) is 38.2. The van der Waals surface area contributed by atoms with Gasteiger partial charge in [0.25, 0.3) is 11.8 Å². The zero-order valence-electron chi connectivity index (χ0n) is 37.4. The molecule has 346 valence electrons. The van der Waals surface area contributed by atoms with Crippen LogP contribution in [-0.4, -0.2) is 78.5 Å². The van der Waals surface area contributed by atoms with Gasteiger partial charge < -0.3 is 19.7 Å². The maximum Gasteiger partial charge on any atom is 0.472 e. The molecule has 0 spiro atoms. The molecule has 0 saturated carbocycles. The van der Waals surface area contributed by atoms with Gasteiger partial charge in [-0.3, -0.25) is 37.9 Å². The second kappa shape index (κ2) is 37.9. The molecule has 1 aliphatic rings. The van der Waals surface area contributed by atoms with E-state index >= 15 is 0 Å². The molecule has 0 bridgehead atoms. The number of phosphoric acid groups is 1. The van der Waals surface area contributed by atoms with Crippen LogP contribution in [0.2, 0.25) is 0 Å². The summed E-state index contributed by atoms with van der Waals surface area (Å²) in [5, 5.41) is 2.48. The van der Waals surface area contributed by atoms with E-state index in [-0.39, 0.29) is 45.6 Å². The number of carbonyl (C=O) groups excluding carboxylic acids is 5. The highest BCUT2D eigenvalue weighted by molar-refractivity contribution is 7.47. The van der Waals surface area contributed by atoms with Crippen LogP contribution in [0.5, 0.6) is 0 Å². The lowest BCUT2D eigenvalue weighted by molar-refractivity contribution is -0.161. The lowest BCUT2D eigenvalue weighted by Crippen LogP contribution is -2.35. The van der Waals surface area contributed by atoms with Gasteiger partial charge in [-0.2, -0.15) is 0 Å². The molecule has 0 saturated heterocycles. The number of hydrogen-bond acceptors (Lipinski definition) is 10. The minimum atomic E-state index is -4.64. The molecule has 0 radical (unpaired) electrons. The van der Waals surface area contributed by atoms with E-state index in [1.807, 2.05) is 0 Å². The maximum absolute atomic E-state index is 12.7. The average molecular weight is 869 g/mol. The second-order valence-electron chi connectivity index (χ2n) is 16.0. The van der Waals surface area contributed by atoms with Crippen molar-refractivity contribution in [1.29, 1.82) is 0 Å². The van der Waals surface area contributed by atoms with E-state index in [0.29, 0.717) is 12.8 Å². The number of unbranched alkanes of at least 4 members (excludes halogenated alkanes) is 23. The summed E-state index contributed by atoms with van der Waals surface area (Å²) >= 11 is 0. The van der Waals surface area contributed by atoms with Crippen LogP contribution in [0.3, 0.4) is 0 Å². The first-order valence-corrected chi connectivity index (χ1v) is 25.0. The summed E-state index contributed by atoms with van der Waals surface area (Å²) in [6.45, 7) is 2.98. The van der Waals surface area contributed by atoms with Gasteiger partial charge in [-0.25, -0.2) is 4.57 Å². The van der Waals surface area contributed by atoms with Crippen molar-refractivity contribution in [2.45, 2.75) is 206 Å². The number of phosphoric ester groups is 1. The number of ether oxygens (including phenoxy) is 2. The lowest BCUT2D eigenvalue weighted by atomic mass is 10.0. The Bertz CT molecular complexity index is 1260. The van der Waals surface area contributed by atoms with Gasteiger partial charge in [-0.1, -0.05) is 154 Å². The highest BCUT2D eigenvalue weighted by Crippen LogP contribution is 2.43. The number of hydrogen-bond donors (Lipinski definition) is 2. The van der Waals surface area contributed by atoms with Crippen LogP contribution in [0.4, 0.5) is 0 Å². The summed E-state index contributed by atoms with van der Waals surface area (Å²) in [5.74, 6) is -2.43. The summed E-state index contributed by atoms with van der Waals surface area (Å²) in [7, 11) is -4.64. The average Bonchev–Trinajstić information content (AvgIpc) is 3.55. The van der Waals surface area contributed by atoms with Gasteiger partial charge in [-0.15, -0.1) is 0 Å². The Morgan fingerprint density at radius 1 is 0.633 bits per heavy atom. The SMILES string of the molecule is CCCCCCCC/C=C\CCCCCCCC(=O)O[C@H](COC(=O)CCCCCCCCCCCCCCC)COP(=O)(O)OCCNC(=O)CCN1C(=O)C=CC1=O. The molecule has 1 rings (SSSR count). The van der Waals surface area contributed by atoms with E-state index in [0.717, 1.165) is 74.8 Å². The normalized spacial score (nSPS) is 14.2. The largest absolute Gasteiger partial charge is 0.472 e. The third kappa shape index (κ3) is 32.9. The van der Waals surface area contributed by atoms with Crippen LogP contribution in [0.1, 0.15) is 200 Å². The molecular weight excluding hydrogens is 787 g/mol. The number of nitrogens with zero attached hydrogens (tertiary/aromatic N) is 1. The first kappa shape index (κ1) is 55.2. The van der Waals surface area contributed by atoms with Crippen molar-refractivity contribution in [3.05, 3.63) is 24.3 Å². The molecule has 0 aromatic heterocycles. The fourth-order valence-electron chi connectivity index (χ4n) is 6.77. The van der Waals surface area contributed by atoms with E-state index in [4.69, 9.17) is 18.5 Å². The molecule has 2 atom stereocenters. The Morgan fingerprint density at radius 3 is 1.58 bits per heavy atom. The van der Waals surface area contributed by atoms with Gasteiger partial charge in [0.15, 0.2) is 6.10 Å². The maximum atomic E-state index is 12.7. The molecule has 60 heavy (non-hydrogen) atoms. The first-order valence-electron chi connectivity index (χ1n) is 23.5. The van der Waals surface area contributed by atoms with E-state index in [1.54, 1.807) is 0 Å². The van der Waals surface area contributed by atoms with Crippen molar-refractivity contribution >= 4 is 37.5 Å². The minimum Gasteiger partial charge on any atom is -0.462 e. The molecule has 1 heterocycles. The van der Waals surface area contributed by atoms with Gasteiger partial charge in [0.05, 0.1) is 13.2 Å². The predicted molar refractivity (Wildman–Crippen MR) is 236 cm³/mol. The lowest BCUT2D eigenvalue weighted by Gasteiger charge is -2.20. The topological polar surface area (TPSA) is 175 Å². The number of rotatable bonds is 42. The predicted octanol–water partition coefficient (Wildman–Crippen LogP) is 10.5. The van der Waals surface area contributed by atoms with E-state index in [1.165, 1.54) is 96.3 Å². The molecule has 0 aromatic rings. The number of carbonyl (C=O) groups is 5. The smallest absolute Gasteiger partial charge is 0.462 e. The number of esters is 2. The molecule has 3 amide bonds. The number of allylic oxidation sites excluding steroid dienone is 2. The minimum absolute atomic E-state index is 0.0969. The summed E-state index contributed by atoms with van der Waals surface area (Å²) in [6, 6.07) is 0. The second-order valence-corrected chi connectivity index (χ2v) is 17.4. The van der Waals surface area contributed by atoms with Crippen LogP contribution >= 0.6 is 7.82 Å². The van der Waals surface area contributed by atoms with Crippen LogP contribution in [0.25, 0.3) is 0 Å². The quantitative estimate of drug-likeness (QED) is 0.0196. The van der Waals surface area contributed by atoms with Crippen molar-refractivity contribution < 1.29 is 52.0 Å². The molecule has 2 N–H and O–H groups in total. The fraction of sp³-hybridized carbons (Fsp3) is 0.804. The summed E-state index contributed by atoms with van der Waals surface area (Å²) in [6.07, 6.45) is 36.2. The standard InChI is InChI=1S/C46H81N2O11P/c1-3-5-7-9-11-13-15-17-18-20-22-24-26-28-30-32-46(53)59-41(39-56-45(52)31-29-27-25-23-21-19-16-14-12-10-8-6-4-2)40-58-60(54,55)57-38-36-47-42(49)35-37-48-43(50)33-34-44(48)51/h17-18,33-34,41H,3-16,19-32,35-40H2,1-2H3,(H,47,49)(H,54,55)/b18-17-/t41-/m1/s1. The monoisotopic (exact) mass is 869 g/mol. The molecule has 14 heteroatoms.